The van der Waals surface area contributed by atoms with Gasteiger partial charge in [-0.25, -0.2) is 4.39 Å². The van der Waals surface area contributed by atoms with Gasteiger partial charge in [-0.3, -0.25) is 4.79 Å². The summed E-state index contributed by atoms with van der Waals surface area (Å²) in [6.07, 6.45) is 0. The van der Waals surface area contributed by atoms with Gasteiger partial charge in [0.1, 0.15) is 5.82 Å². The number of carbonyl (C=O) groups is 1. The first-order valence-corrected chi connectivity index (χ1v) is 6.33. The first-order chi connectivity index (χ1) is 9.06. The number of benzene rings is 2. The van der Waals surface area contributed by atoms with Crippen molar-refractivity contribution in [2.75, 3.05) is 0 Å². The first-order valence-electron chi connectivity index (χ1n) is 5.88. The van der Waals surface area contributed by atoms with E-state index in [1.807, 2.05) is 31.2 Å². The molecule has 1 amide bonds. The molecule has 19 heavy (non-hydrogen) atoms. The van der Waals surface area contributed by atoms with Crippen molar-refractivity contribution < 1.29 is 9.18 Å². The van der Waals surface area contributed by atoms with Crippen LogP contribution in [0.1, 0.15) is 21.5 Å². The molecular weight excluding hydrogens is 261 g/mol. The van der Waals surface area contributed by atoms with Crippen LogP contribution in [0.3, 0.4) is 0 Å². The van der Waals surface area contributed by atoms with E-state index in [2.05, 4.69) is 17.9 Å². The monoisotopic (exact) mass is 275 g/mol. The lowest BCUT2D eigenvalue weighted by Crippen LogP contribution is -2.23. The molecule has 1 N–H and O–H groups in total. The van der Waals surface area contributed by atoms with Crippen molar-refractivity contribution >= 4 is 18.5 Å². The standard InChI is InChI=1S/C15H14FNOS/c1-10-2-4-11(5-3-10)9-17-15(18)13-8-12(19)6-7-14(13)16/h2-8,19H,9H2,1H3,(H,17,18). The molecule has 2 rings (SSSR count). The topological polar surface area (TPSA) is 29.1 Å². The molecule has 2 aromatic carbocycles. The van der Waals surface area contributed by atoms with Crippen LogP contribution in [0.25, 0.3) is 0 Å². The summed E-state index contributed by atoms with van der Waals surface area (Å²) in [4.78, 5) is 12.4. The molecule has 2 nitrogen and oxygen atoms in total. The molecule has 0 unspecified atom stereocenters. The molecule has 4 heteroatoms. The number of nitrogens with one attached hydrogen (secondary N) is 1. The van der Waals surface area contributed by atoms with Crippen molar-refractivity contribution in [1.82, 2.24) is 5.32 Å². The van der Waals surface area contributed by atoms with Crippen LogP contribution in [0.5, 0.6) is 0 Å². The van der Waals surface area contributed by atoms with Crippen LogP contribution < -0.4 is 5.32 Å². The third-order valence-electron chi connectivity index (χ3n) is 2.77. The Hall–Kier alpha value is -1.81. The minimum Gasteiger partial charge on any atom is -0.348 e. The maximum absolute atomic E-state index is 13.5. The third-order valence-corrected chi connectivity index (χ3v) is 3.05. The van der Waals surface area contributed by atoms with Crippen LogP contribution >= 0.6 is 12.6 Å². The zero-order valence-electron chi connectivity index (χ0n) is 10.5. The summed E-state index contributed by atoms with van der Waals surface area (Å²) in [6.45, 7) is 2.37. The maximum atomic E-state index is 13.5. The van der Waals surface area contributed by atoms with Crippen molar-refractivity contribution in [3.63, 3.8) is 0 Å². The lowest BCUT2D eigenvalue weighted by atomic mass is 10.1. The molecule has 0 saturated heterocycles. The van der Waals surface area contributed by atoms with Crippen molar-refractivity contribution in [3.8, 4) is 0 Å². The Labute approximate surface area is 117 Å². The fourth-order valence-electron chi connectivity index (χ4n) is 1.67. The molecule has 0 atom stereocenters. The number of carbonyl (C=O) groups excluding carboxylic acids is 1. The number of amides is 1. The summed E-state index contributed by atoms with van der Waals surface area (Å²) in [7, 11) is 0. The van der Waals surface area contributed by atoms with E-state index < -0.39 is 11.7 Å². The highest BCUT2D eigenvalue weighted by Gasteiger charge is 2.11. The van der Waals surface area contributed by atoms with Gasteiger partial charge in [0.2, 0.25) is 0 Å². The number of hydrogen-bond acceptors (Lipinski definition) is 2. The Bertz CT molecular complexity index is 596. The van der Waals surface area contributed by atoms with E-state index in [0.29, 0.717) is 11.4 Å². The summed E-state index contributed by atoms with van der Waals surface area (Å²) >= 11 is 4.10. The van der Waals surface area contributed by atoms with Gasteiger partial charge < -0.3 is 5.32 Å². The maximum Gasteiger partial charge on any atom is 0.254 e. The zero-order chi connectivity index (χ0) is 13.8. The van der Waals surface area contributed by atoms with Gasteiger partial charge in [-0.1, -0.05) is 29.8 Å². The second-order valence-corrected chi connectivity index (χ2v) is 4.85. The molecular formula is C15H14FNOS. The summed E-state index contributed by atoms with van der Waals surface area (Å²) in [5.41, 5.74) is 2.14. The van der Waals surface area contributed by atoms with Crippen LogP contribution in [0.2, 0.25) is 0 Å². The van der Waals surface area contributed by atoms with Crippen LogP contribution in [0.15, 0.2) is 47.4 Å². The first kappa shape index (κ1) is 13.6. The van der Waals surface area contributed by atoms with Crippen LogP contribution in [0, 0.1) is 12.7 Å². The molecule has 0 spiro atoms. The van der Waals surface area contributed by atoms with E-state index in [-0.39, 0.29) is 5.56 Å². The number of aryl methyl sites for hydroxylation is 1. The minimum atomic E-state index is -0.542. The lowest BCUT2D eigenvalue weighted by molar-refractivity contribution is 0.0946. The van der Waals surface area contributed by atoms with E-state index in [0.717, 1.165) is 11.1 Å². The molecule has 98 valence electrons. The predicted octanol–water partition coefficient (Wildman–Crippen LogP) is 3.35. The second-order valence-electron chi connectivity index (χ2n) is 4.33. The van der Waals surface area contributed by atoms with E-state index in [4.69, 9.17) is 0 Å². The SMILES string of the molecule is Cc1ccc(CNC(=O)c2cc(S)ccc2F)cc1. The lowest BCUT2D eigenvalue weighted by Gasteiger charge is -2.07. The molecule has 0 fully saturated rings. The van der Waals surface area contributed by atoms with E-state index in [1.54, 1.807) is 0 Å². The Morgan fingerprint density at radius 1 is 1.21 bits per heavy atom. The van der Waals surface area contributed by atoms with Crippen LogP contribution in [-0.4, -0.2) is 5.91 Å². The number of hydrogen-bond donors (Lipinski definition) is 2. The van der Waals surface area contributed by atoms with Crippen LogP contribution in [0.4, 0.5) is 4.39 Å². The van der Waals surface area contributed by atoms with Crippen molar-refractivity contribution in [2.24, 2.45) is 0 Å². The van der Waals surface area contributed by atoms with Gasteiger partial charge in [-0.2, -0.15) is 0 Å². The summed E-state index contributed by atoms with van der Waals surface area (Å²) < 4.78 is 13.5. The Morgan fingerprint density at radius 3 is 2.58 bits per heavy atom. The molecule has 0 aromatic heterocycles. The normalized spacial score (nSPS) is 10.3. The van der Waals surface area contributed by atoms with Crippen LogP contribution in [-0.2, 0) is 6.54 Å². The van der Waals surface area contributed by atoms with Gasteiger partial charge in [0.25, 0.3) is 5.91 Å². The summed E-state index contributed by atoms with van der Waals surface area (Å²) in [5, 5.41) is 2.69. The Kier molecular flexibility index (Phi) is 4.22. The molecule has 0 aliphatic heterocycles. The van der Waals surface area contributed by atoms with E-state index in [9.17, 15) is 9.18 Å². The Morgan fingerprint density at radius 2 is 1.89 bits per heavy atom. The highest BCUT2D eigenvalue weighted by atomic mass is 32.1. The smallest absolute Gasteiger partial charge is 0.254 e. The molecule has 0 heterocycles. The molecule has 2 aromatic rings. The van der Waals surface area contributed by atoms with Gasteiger partial charge >= 0.3 is 0 Å². The molecule has 0 bridgehead atoms. The predicted molar refractivity (Wildman–Crippen MR) is 76.0 cm³/mol. The highest BCUT2D eigenvalue weighted by Crippen LogP contribution is 2.13. The zero-order valence-corrected chi connectivity index (χ0v) is 11.4. The van der Waals surface area contributed by atoms with E-state index >= 15 is 0 Å². The quantitative estimate of drug-likeness (QED) is 0.826. The number of thiol groups is 1. The average molecular weight is 275 g/mol. The van der Waals surface area contributed by atoms with Gasteiger partial charge in [0.05, 0.1) is 5.56 Å². The fourth-order valence-corrected chi connectivity index (χ4v) is 1.87. The van der Waals surface area contributed by atoms with Crippen molar-refractivity contribution in [1.29, 1.82) is 0 Å². The summed E-state index contributed by atoms with van der Waals surface area (Å²) in [6, 6.07) is 12.0. The Balaban J connectivity index is 2.05. The fraction of sp³-hybridized carbons (Fsp3) is 0.133. The molecule has 0 radical (unpaired) electrons. The summed E-state index contributed by atoms with van der Waals surface area (Å²) in [5.74, 6) is -0.979. The average Bonchev–Trinajstić information content (AvgIpc) is 2.40. The van der Waals surface area contributed by atoms with Crippen molar-refractivity contribution in [2.45, 2.75) is 18.4 Å². The van der Waals surface area contributed by atoms with Gasteiger partial charge in [-0.05, 0) is 30.7 Å². The van der Waals surface area contributed by atoms with E-state index in [1.165, 1.54) is 18.2 Å². The van der Waals surface area contributed by atoms with Gasteiger partial charge in [0, 0.05) is 11.4 Å². The highest BCUT2D eigenvalue weighted by molar-refractivity contribution is 7.80. The van der Waals surface area contributed by atoms with Crippen molar-refractivity contribution in [3.05, 3.63) is 65.0 Å². The largest absolute Gasteiger partial charge is 0.348 e. The molecule has 0 aliphatic rings. The number of halogens is 1. The second kappa shape index (κ2) is 5.89. The molecule has 0 aliphatic carbocycles. The number of rotatable bonds is 3. The third kappa shape index (κ3) is 3.58. The molecule has 0 saturated carbocycles. The van der Waals surface area contributed by atoms with Gasteiger partial charge in [-0.15, -0.1) is 12.6 Å². The minimum absolute atomic E-state index is 0.0135. The van der Waals surface area contributed by atoms with Gasteiger partial charge in [0.15, 0.2) is 0 Å².